The van der Waals surface area contributed by atoms with Crippen LogP contribution < -0.4 is 0 Å². The van der Waals surface area contributed by atoms with Gasteiger partial charge in [-0.15, -0.1) is 0 Å². The number of thiol groups is 1. The maximum Gasteiger partial charge on any atom is 0.0628 e. The third kappa shape index (κ3) is 4.16. The molecule has 1 nitrogen and oxygen atoms in total. The van der Waals surface area contributed by atoms with Crippen LogP contribution in [0.5, 0.6) is 0 Å². The molecule has 0 rings (SSSR count). The van der Waals surface area contributed by atoms with Gasteiger partial charge >= 0.3 is 0 Å². The molecule has 0 aliphatic rings. The van der Waals surface area contributed by atoms with Gasteiger partial charge in [-0.25, -0.2) is 0 Å². The van der Waals surface area contributed by atoms with Crippen LogP contribution in [0.25, 0.3) is 0 Å². The first-order chi connectivity index (χ1) is 3.31. The molecular weight excluding hydrogens is 108 g/mol. The van der Waals surface area contributed by atoms with Gasteiger partial charge < -0.3 is 5.11 Å². The van der Waals surface area contributed by atoms with Crippen LogP contribution in [0.3, 0.4) is 0 Å². The standard InChI is InChI=1S/C5H12OS/c1-2-3-5(6)4-7/h5-7H,2-4H2,1H3. The Morgan fingerprint density at radius 3 is 2.43 bits per heavy atom. The maximum absolute atomic E-state index is 8.78. The van der Waals surface area contributed by atoms with Gasteiger partial charge in [-0.3, -0.25) is 0 Å². The van der Waals surface area contributed by atoms with Gasteiger partial charge in [-0.2, -0.15) is 12.6 Å². The average molecular weight is 120 g/mol. The van der Waals surface area contributed by atoms with Crippen LogP contribution >= 0.6 is 12.6 Å². The summed E-state index contributed by atoms with van der Waals surface area (Å²) in [5.41, 5.74) is 0. The first-order valence-electron chi connectivity index (χ1n) is 2.60. The van der Waals surface area contributed by atoms with Crippen molar-refractivity contribution < 1.29 is 5.11 Å². The van der Waals surface area contributed by atoms with E-state index < -0.39 is 0 Å². The third-order valence-corrected chi connectivity index (χ3v) is 1.25. The Kier molecular flexibility index (Phi) is 4.67. The average Bonchev–Trinajstić information content (AvgIpc) is 1.68. The van der Waals surface area contributed by atoms with E-state index in [1.165, 1.54) is 0 Å². The number of hydrogen-bond acceptors (Lipinski definition) is 2. The van der Waals surface area contributed by atoms with Crippen molar-refractivity contribution in [2.24, 2.45) is 0 Å². The lowest BCUT2D eigenvalue weighted by Gasteiger charge is -2.01. The number of hydrogen-bond donors (Lipinski definition) is 2. The van der Waals surface area contributed by atoms with Gasteiger partial charge in [-0.1, -0.05) is 13.3 Å². The molecule has 0 saturated carbocycles. The van der Waals surface area contributed by atoms with Gasteiger partial charge in [0.25, 0.3) is 0 Å². The number of aliphatic hydroxyl groups excluding tert-OH is 1. The molecule has 0 fully saturated rings. The van der Waals surface area contributed by atoms with Crippen LogP contribution in [-0.2, 0) is 0 Å². The summed E-state index contributed by atoms with van der Waals surface area (Å²) >= 11 is 3.90. The quantitative estimate of drug-likeness (QED) is 0.534. The Labute approximate surface area is 50.1 Å². The lowest BCUT2D eigenvalue weighted by molar-refractivity contribution is 0.188. The lowest BCUT2D eigenvalue weighted by atomic mass is 10.2. The van der Waals surface area contributed by atoms with E-state index in [0.29, 0.717) is 5.75 Å². The smallest absolute Gasteiger partial charge is 0.0628 e. The molecule has 0 heterocycles. The summed E-state index contributed by atoms with van der Waals surface area (Å²) in [6.07, 6.45) is 1.74. The Morgan fingerprint density at radius 2 is 2.29 bits per heavy atom. The molecule has 0 aromatic carbocycles. The minimum Gasteiger partial charge on any atom is -0.392 e. The molecule has 0 aliphatic heterocycles. The molecule has 1 unspecified atom stereocenters. The molecule has 44 valence electrons. The molecule has 1 atom stereocenters. The highest BCUT2D eigenvalue weighted by Gasteiger charge is 1.95. The maximum atomic E-state index is 8.78. The van der Waals surface area contributed by atoms with Gasteiger partial charge in [0.05, 0.1) is 6.10 Å². The summed E-state index contributed by atoms with van der Waals surface area (Å²) in [6.45, 7) is 2.05. The summed E-state index contributed by atoms with van der Waals surface area (Å²) in [4.78, 5) is 0. The molecule has 0 radical (unpaired) electrons. The lowest BCUT2D eigenvalue weighted by Crippen LogP contribution is -2.06. The van der Waals surface area contributed by atoms with Gasteiger partial charge in [-0.05, 0) is 6.42 Å². The Bertz CT molecular complexity index is 39.1. The molecule has 7 heavy (non-hydrogen) atoms. The highest BCUT2D eigenvalue weighted by Crippen LogP contribution is 1.96. The highest BCUT2D eigenvalue weighted by molar-refractivity contribution is 7.80. The topological polar surface area (TPSA) is 20.2 Å². The van der Waals surface area contributed by atoms with Gasteiger partial charge in [0.1, 0.15) is 0 Å². The van der Waals surface area contributed by atoms with E-state index in [1.807, 2.05) is 6.92 Å². The molecule has 0 aliphatic carbocycles. The summed E-state index contributed by atoms with van der Waals surface area (Å²) in [7, 11) is 0. The van der Waals surface area contributed by atoms with E-state index >= 15 is 0 Å². The number of aliphatic hydroxyl groups is 1. The second-order valence-electron chi connectivity index (χ2n) is 1.63. The second-order valence-corrected chi connectivity index (χ2v) is 1.99. The first-order valence-corrected chi connectivity index (χ1v) is 3.23. The fraction of sp³-hybridized carbons (Fsp3) is 1.00. The van der Waals surface area contributed by atoms with E-state index in [4.69, 9.17) is 5.11 Å². The molecule has 0 bridgehead atoms. The molecule has 0 aromatic heterocycles. The SMILES string of the molecule is CCCC(O)CS. The van der Waals surface area contributed by atoms with Crippen molar-refractivity contribution >= 4 is 12.6 Å². The predicted octanol–water partition coefficient (Wildman–Crippen LogP) is 1.08. The monoisotopic (exact) mass is 120 g/mol. The number of rotatable bonds is 3. The Hall–Kier alpha value is 0.310. The fourth-order valence-electron chi connectivity index (χ4n) is 0.425. The van der Waals surface area contributed by atoms with Crippen molar-refractivity contribution in [1.82, 2.24) is 0 Å². The molecule has 0 spiro atoms. The Balaban J connectivity index is 2.83. The highest BCUT2D eigenvalue weighted by atomic mass is 32.1. The third-order valence-electron chi connectivity index (χ3n) is 0.833. The Morgan fingerprint density at radius 1 is 1.71 bits per heavy atom. The van der Waals surface area contributed by atoms with Gasteiger partial charge in [0.2, 0.25) is 0 Å². The first kappa shape index (κ1) is 7.31. The molecule has 0 aromatic rings. The fourth-order valence-corrected chi connectivity index (χ4v) is 0.607. The van der Waals surface area contributed by atoms with Gasteiger partial charge in [0.15, 0.2) is 0 Å². The normalized spacial score (nSPS) is 14.1. The van der Waals surface area contributed by atoms with Crippen LogP contribution in [0, 0.1) is 0 Å². The van der Waals surface area contributed by atoms with Crippen molar-refractivity contribution in [3.05, 3.63) is 0 Å². The van der Waals surface area contributed by atoms with Crippen LogP contribution in [0.1, 0.15) is 19.8 Å². The van der Waals surface area contributed by atoms with Crippen LogP contribution in [0.2, 0.25) is 0 Å². The van der Waals surface area contributed by atoms with E-state index in [2.05, 4.69) is 12.6 Å². The zero-order valence-electron chi connectivity index (χ0n) is 4.59. The van der Waals surface area contributed by atoms with Crippen molar-refractivity contribution in [1.29, 1.82) is 0 Å². The molecule has 0 amide bonds. The predicted molar refractivity (Wildman–Crippen MR) is 34.8 cm³/mol. The zero-order chi connectivity index (χ0) is 5.70. The summed E-state index contributed by atoms with van der Waals surface area (Å²) in [5, 5.41) is 8.78. The van der Waals surface area contributed by atoms with Crippen molar-refractivity contribution in [3.8, 4) is 0 Å². The molecule has 1 N–H and O–H groups in total. The van der Waals surface area contributed by atoms with Crippen molar-refractivity contribution in [2.75, 3.05) is 5.75 Å². The minimum atomic E-state index is -0.187. The van der Waals surface area contributed by atoms with E-state index in [1.54, 1.807) is 0 Å². The van der Waals surface area contributed by atoms with Crippen LogP contribution in [-0.4, -0.2) is 17.0 Å². The van der Waals surface area contributed by atoms with Crippen molar-refractivity contribution in [3.63, 3.8) is 0 Å². The molecule has 2 heteroatoms. The van der Waals surface area contributed by atoms with Gasteiger partial charge in [0, 0.05) is 5.75 Å². The second kappa shape index (κ2) is 4.47. The summed E-state index contributed by atoms with van der Waals surface area (Å²) in [5.74, 6) is 0.591. The van der Waals surface area contributed by atoms with Crippen LogP contribution in [0.15, 0.2) is 0 Å². The van der Waals surface area contributed by atoms with Crippen molar-refractivity contribution in [2.45, 2.75) is 25.9 Å². The van der Waals surface area contributed by atoms with E-state index in [0.717, 1.165) is 12.8 Å². The summed E-state index contributed by atoms with van der Waals surface area (Å²) in [6, 6.07) is 0. The zero-order valence-corrected chi connectivity index (χ0v) is 5.49. The molecular formula is C5H12OS. The largest absolute Gasteiger partial charge is 0.392 e. The molecule has 0 saturated heterocycles. The van der Waals surface area contributed by atoms with Crippen LogP contribution in [0.4, 0.5) is 0 Å². The summed E-state index contributed by atoms with van der Waals surface area (Å²) < 4.78 is 0. The van der Waals surface area contributed by atoms with E-state index in [-0.39, 0.29) is 6.10 Å². The van der Waals surface area contributed by atoms with E-state index in [9.17, 15) is 0 Å². The minimum absolute atomic E-state index is 0.187.